The first-order valence-electron chi connectivity index (χ1n) is 4.14. The molecule has 0 aliphatic rings. The SMILES string of the molecule is CCC(C)/C=C\C(N)CC. The van der Waals surface area contributed by atoms with Gasteiger partial charge in [-0.3, -0.25) is 0 Å². The fourth-order valence-corrected chi connectivity index (χ4v) is 0.605. The quantitative estimate of drug-likeness (QED) is 0.597. The van der Waals surface area contributed by atoms with E-state index in [4.69, 9.17) is 5.73 Å². The van der Waals surface area contributed by atoms with Crippen LogP contribution >= 0.6 is 0 Å². The van der Waals surface area contributed by atoms with Gasteiger partial charge in [-0.25, -0.2) is 0 Å². The second-order valence-corrected chi connectivity index (χ2v) is 2.84. The Morgan fingerprint density at radius 2 is 1.80 bits per heavy atom. The van der Waals surface area contributed by atoms with E-state index in [0.717, 1.165) is 6.42 Å². The van der Waals surface area contributed by atoms with E-state index < -0.39 is 0 Å². The molecule has 0 aromatic heterocycles. The van der Waals surface area contributed by atoms with E-state index in [1.807, 2.05) is 0 Å². The maximum Gasteiger partial charge on any atom is 0.0221 e. The molecule has 0 radical (unpaired) electrons. The van der Waals surface area contributed by atoms with Crippen molar-refractivity contribution in [2.24, 2.45) is 11.7 Å². The van der Waals surface area contributed by atoms with E-state index in [2.05, 4.69) is 32.9 Å². The third-order valence-electron chi connectivity index (χ3n) is 1.80. The molecule has 0 saturated heterocycles. The Morgan fingerprint density at radius 1 is 1.20 bits per heavy atom. The highest BCUT2D eigenvalue weighted by molar-refractivity contribution is 4.92. The normalized spacial score (nSPS) is 17.6. The Morgan fingerprint density at radius 3 is 2.20 bits per heavy atom. The lowest BCUT2D eigenvalue weighted by atomic mass is 10.1. The van der Waals surface area contributed by atoms with Crippen LogP contribution < -0.4 is 5.73 Å². The van der Waals surface area contributed by atoms with E-state index in [-0.39, 0.29) is 6.04 Å². The van der Waals surface area contributed by atoms with E-state index in [9.17, 15) is 0 Å². The second-order valence-electron chi connectivity index (χ2n) is 2.84. The van der Waals surface area contributed by atoms with Gasteiger partial charge in [0.25, 0.3) is 0 Å². The van der Waals surface area contributed by atoms with Crippen LogP contribution in [0.1, 0.15) is 33.6 Å². The zero-order valence-electron chi connectivity index (χ0n) is 7.30. The molecule has 1 heteroatoms. The molecule has 1 nitrogen and oxygen atoms in total. The van der Waals surface area contributed by atoms with Crippen molar-refractivity contribution < 1.29 is 0 Å². The van der Waals surface area contributed by atoms with Crippen molar-refractivity contribution in [1.82, 2.24) is 0 Å². The highest BCUT2D eigenvalue weighted by atomic mass is 14.6. The van der Waals surface area contributed by atoms with Crippen LogP contribution in [0.4, 0.5) is 0 Å². The summed E-state index contributed by atoms with van der Waals surface area (Å²) in [6.07, 6.45) is 6.54. The molecule has 0 aromatic rings. The van der Waals surface area contributed by atoms with Gasteiger partial charge in [0.05, 0.1) is 0 Å². The summed E-state index contributed by atoms with van der Waals surface area (Å²) in [5.74, 6) is 0.678. The molecule has 2 unspecified atom stereocenters. The molecule has 0 heterocycles. The van der Waals surface area contributed by atoms with Crippen molar-refractivity contribution in [3.05, 3.63) is 12.2 Å². The summed E-state index contributed by atoms with van der Waals surface area (Å²) in [4.78, 5) is 0. The molecule has 0 aliphatic carbocycles. The first-order valence-corrected chi connectivity index (χ1v) is 4.14. The van der Waals surface area contributed by atoms with E-state index in [1.165, 1.54) is 6.42 Å². The van der Waals surface area contributed by atoms with Gasteiger partial charge >= 0.3 is 0 Å². The Hall–Kier alpha value is -0.300. The van der Waals surface area contributed by atoms with Gasteiger partial charge in [0, 0.05) is 6.04 Å². The van der Waals surface area contributed by atoms with Crippen molar-refractivity contribution in [2.75, 3.05) is 0 Å². The number of hydrogen-bond acceptors (Lipinski definition) is 1. The van der Waals surface area contributed by atoms with Crippen molar-refractivity contribution in [3.63, 3.8) is 0 Å². The standard InChI is InChI=1S/C9H19N/c1-4-8(3)6-7-9(10)5-2/h6-9H,4-5,10H2,1-3H3/b7-6-. The summed E-state index contributed by atoms with van der Waals surface area (Å²) in [6, 6.07) is 0.258. The van der Waals surface area contributed by atoms with Gasteiger partial charge in [-0.05, 0) is 12.3 Å². The Bertz CT molecular complexity index is 84.9. The zero-order chi connectivity index (χ0) is 7.98. The van der Waals surface area contributed by atoms with Crippen LogP contribution in [0.2, 0.25) is 0 Å². The fourth-order valence-electron chi connectivity index (χ4n) is 0.605. The van der Waals surface area contributed by atoms with Gasteiger partial charge in [0.1, 0.15) is 0 Å². The molecular formula is C9H19N. The topological polar surface area (TPSA) is 26.0 Å². The first-order chi connectivity index (χ1) is 4.70. The summed E-state index contributed by atoms with van der Waals surface area (Å²) in [5, 5.41) is 0. The molecule has 0 aliphatic heterocycles. The lowest BCUT2D eigenvalue weighted by Gasteiger charge is -2.03. The highest BCUT2D eigenvalue weighted by Gasteiger charge is 1.93. The predicted molar refractivity (Wildman–Crippen MR) is 46.9 cm³/mol. The molecule has 0 spiro atoms. The largest absolute Gasteiger partial charge is 0.324 e. The van der Waals surface area contributed by atoms with Crippen molar-refractivity contribution in [3.8, 4) is 0 Å². The molecule has 2 N–H and O–H groups in total. The van der Waals surface area contributed by atoms with Crippen LogP contribution in [-0.4, -0.2) is 6.04 Å². The Labute approximate surface area is 64.3 Å². The molecular weight excluding hydrogens is 122 g/mol. The van der Waals surface area contributed by atoms with E-state index in [0.29, 0.717) is 5.92 Å². The molecule has 0 fully saturated rings. The van der Waals surface area contributed by atoms with Crippen molar-refractivity contribution in [1.29, 1.82) is 0 Å². The van der Waals surface area contributed by atoms with Gasteiger partial charge in [0.15, 0.2) is 0 Å². The van der Waals surface area contributed by atoms with Gasteiger partial charge in [-0.2, -0.15) is 0 Å². The molecule has 0 saturated carbocycles. The first kappa shape index (κ1) is 9.70. The van der Waals surface area contributed by atoms with Crippen molar-refractivity contribution in [2.45, 2.75) is 39.7 Å². The minimum Gasteiger partial charge on any atom is -0.324 e. The van der Waals surface area contributed by atoms with Crippen molar-refractivity contribution >= 4 is 0 Å². The van der Waals surface area contributed by atoms with Crippen LogP contribution in [0.25, 0.3) is 0 Å². The third-order valence-corrected chi connectivity index (χ3v) is 1.80. The molecule has 2 atom stereocenters. The predicted octanol–water partition coefficient (Wildman–Crippen LogP) is 2.33. The lowest BCUT2D eigenvalue weighted by Crippen LogP contribution is -2.14. The number of allylic oxidation sites excluding steroid dienone is 1. The van der Waals surface area contributed by atoms with Gasteiger partial charge in [0.2, 0.25) is 0 Å². The third kappa shape index (κ3) is 4.57. The molecule has 0 bridgehead atoms. The summed E-state index contributed by atoms with van der Waals surface area (Å²) in [7, 11) is 0. The highest BCUT2D eigenvalue weighted by Crippen LogP contribution is 2.02. The van der Waals surface area contributed by atoms with Crippen LogP contribution in [0.3, 0.4) is 0 Å². The molecule has 10 heavy (non-hydrogen) atoms. The average molecular weight is 141 g/mol. The maximum atomic E-state index is 5.69. The lowest BCUT2D eigenvalue weighted by molar-refractivity contribution is 0.684. The summed E-state index contributed by atoms with van der Waals surface area (Å²) in [6.45, 7) is 6.50. The maximum absolute atomic E-state index is 5.69. The molecule has 60 valence electrons. The van der Waals surface area contributed by atoms with Crippen LogP contribution in [-0.2, 0) is 0 Å². The van der Waals surface area contributed by atoms with E-state index >= 15 is 0 Å². The average Bonchev–Trinajstić information content (AvgIpc) is 1.99. The van der Waals surface area contributed by atoms with Crippen LogP contribution in [0, 0.1) is 5.92 Å². The number of hydrogen-bond donors (Lipinski definition) is 1. The van der Waals surface area contributed by atoms with E-state index in [1.54, 1.807) is 0 Å². The summed E-state index contributed by atoms with van der Waals surface area (Å²) >= 11 is 0. The van der Waals surface area contributed by atoms with Gasteiger partial charge in [-0.1, -0.05) is 39.3 Å². The Kier molecular flexibility index (Phi) is 5.32. The summed E-state index contributed by atoms with van der Waals surface area (Å²) < 4.78 is 0. The van der Waals surface area contributed by atoms with Gasteiger partial charge in [-0.15, -0.1) is 0 Å². The van der Waals surface area contributed by atoms with Crippen LogP contribution in [0.5, 0.6) is 0 Å². The molecule has 0 amide bonds. The summed E-state index contributed by atoms with van der Waals surface area (Å²) in [5.41, 5.74) is 5.69. The van der Waals surface area contributed by atoms with Crippen LogP contribution in [0.15, 0.2) is 12.2 Å². The minimum absolute atomic E-state index is 0.258. The monoisotopic (exact) mass is 141 g/mol. The smallest absolute Gasteiger partial charge is 0.0221 e. The number of rotatable bonds is 4. The minimum atomic E-state index is 0.258. The molecule has 0 rings (SSSR count). The van der Waals surface area contributed by atoms with Gasteiger partial charge < -0.3 is 5.73 Å². The zero-order valence-corrected chi connectivity index (χ0v) is 7.30. The molecule has 0 aromatic carbocycles. The fraction of sp³-hybridized carbons (Fsp3) is 0.778. The second kappa shape index (κ2) is 5.48. The number of nitrogens with two attached hydrogens (primary N) is 1. The Balaban J connectivity index is 3.52.